The van der Waals surface area contributed by atoms with Crippen LogP contribution in [-0.4, -0.2) is 27.5 Å². The topological polar surface area (TPSA) is 50.1 Å². The van der Waals surface area contributed by atoms with Crippen LogP contribution in [0.2, 0.25) is 0 Å². The molecule has 1 rings (SSSR count). The molecule has 18 heavy (non-hydrogen) atoms. The number of hydrogen-bond acceptors (Lipinski definition) is 3. The van der Waals surface area contributed by atoms with Crippen LogP contribution >= 0.6 is 0 Å². The van der Waals surface area contributed by atoms with Crippen LogP contribution in [0.5, 0.6) is 0 Å². The highest BCUT2D eigenvalue weighted by Crippen LogP contribution is 2.12. The quantitative estimate of drug-likeness (QED) is 0.747. The van der Waals surface area contributed by atoms with E-state index in [0.717, 1.165) is 25.1 Å². The first kappa shape index (κ1) is 15.2. The third kappa shape index (κ3) is 4.42. The lowest BCUT2D eigenvalue weighted by molar-refractivity contribution is 0.101. The zero-order chi connectivity index (χ0) is 13.5. The average molecular weight is 253 g/mol. The fourth-order valence-electron chi connectivity index (χ4n) is 2.11. The summed E-state index contributed by atoms with van der Waals surface area (Å²) in [6, 6.07) is 2.42. The Morgan fingerprint density at radius 3 is 2.50 bits per heavy atom. The number of aliphatic hydroxyl groups excluding tert-OH is 1. The minimum Gasteiger partial charge on any atom is -0.392 e. The van der Waals surface area contributed by atoms with Crippen LogP contribution < -0.4 is 5.32 Å². The Balaban J connectivity index is 2.32. The Morgan fingerprint density at radius 2 is 2.00 bits per heavy atom. The van der Waals surface area contributed by atoms with Gasteiger partial charge in [-0.3, -0.25) is 4.68 Å². The molecule has 1 aromatic rings. The summed E-state index contributed by atoms with van der Waals surface area (Å²) in [5.41, 5.74) is 1.03. The van der Waals surface area contributed by atoms with Crippen molar-refractivity contribution in [2.75, 3.05) is 6.54 Å². The van der Waals surface area contributed by atoms with Crippen LogP contribution in [0.15, 0.2) is 12.3 Å². The van der Waals surface area contributed by atoms with Gasteiger partial charge in [-0.1, -0.05) is 26.7 Å². The first-order valence-corrected chi connectivity index (χ1v) is 7.01. The molecule has 1 aromatic heterocycles. The van der Waals surface area contributed by atoms with E-state index < -0.39 is 0 Å². The predicted molar refractivity (Wildman–Crippen MR) is 74.4 cm³/mol. The van der Waals surface area contributed by atoms with Crippen molar-refractivity contribution < 1.29 is 5.11 Å². The number of rotatable bonds is 8. The molecule has 1 unspecified atom stereocenters. The molecule has 0 saturated carbocycles. The lowest BCUT2D eigenvalue weighted by Gasteiger charge is -2.20. The molecule has 104 valence electrons. The monoisotopic (exact) mass is 253 g/mol. The van der Waals surface area contributed by atoms with Gasteiger partial charge in [0.2, 0.25) is 0 Å². The Hall–Kier alpha value is -0.870. The summed E-state index contributed by atoms with van der Waals surface area (Å²) in [5.74, 6) is 0.394. The molecule has 0 bridgehead atoms. The summed E-state index contributed by atoms with van der Waals surface area (Å²) in [5, 5.41) is 17.7. The van der Waals surface area contributed by atoms with Gasteiger partial charge in [0.05, 0.1) is 11.8 Å². The van der Waals surface area contributed by atoms with Gasteiger partial charge in [-0.15, -0.1) is 0 Å². The number of nitrogens with one attached hydrogen (secondary N) is 1. The summed E-state index contributed by atoms with van der Waals surface area (Å²) in [7, 11) is 0. The van der Waals surface area contributed by atoms with Gasteiger partial charge in [-0.25, -0.2) is 0 Å². The fourth-order valence-corrected chi connectivity index (χ4v) is 2.11. The average Bonchev–Trinajstić information content (AvgIpc) is 2.79. The molecular weight excluding hydrogens is 226 g/mol. The normalized spacial score (nSPS) is 13.5. The van der Waals surface area contributed by atoms with Crippen molar-refractivity contribution in [3.8, 4) is 0 Å². The Kier molecular flexibility index (Phi) is 6.36. The molecule has 0 aromatic carbocycles. The number of aromatic nitrogens is 2. The minimum absolute atomic E-state index is 0.257. The van der Waals surface area contributed by atoms with Crippen molar-refractivity contribution in [3.05, 3.63) is 18.0 Å². The van der Waals surface area contributed by atoms with Crippen LogP contribution in [0.3, 0.4) is 0 Å². The zero-order valence-corrected chi connectivity index (χ0v) is 12.1. The third-order valence-corrected chi connectivity index (χ3v) is 3.45. The van der Waals surface area contributed by atoms with Crippen molar-refractivity contribution in [2.24, 2.45) is 5.92 Å². The van der Waals surface area contributed by atoms with E-state index in [4.69, 9.17) is 0 Å². The van der Waals surface area contributed by atoms with E-state index in [-0.39, 0.29) is 6.10 Å². The zero-order valence-electron chi connectivity index (χ0n) is 12.1. The maximum absolute atomic E-state index is 9.99. The van der Waals surface area contributed by atoms with Crippen molar-refractivity contribution in [1.82, 2.24) is 15.1 Å². The second-order valence-electron chi connectivity index (χ2n) is 5.16. The van der Waals surface area contributed by atoms with Gasteiger partial charge >= 0.3 is 0 Å². The summed E-state index contributed by atoms with van der Waals surface area (Å²) in [4.78, 5) is 0. The summed E-state index contributed by atoms with van der Waals surface area (Å²) in [6.45, 7) is 9.84. The summed E-state index contributed by atoms with van der Waals surface area (Å²) >= 11 is 0. The van der Waals surface area contributed by atoms with Gasteiger partial charge in [0.1, 0.15) is 0 Å². The second kappa shape index (κ2) is 7.54. The summed E-state index contributed by atoms with van der Waals surface area (Å²) < 4.78 is 1.95. The van der Waals surface area contributed by atoms with E-state index in [1.807, 2.05) is 16.9 Å². The van der Waals surface area contributed by atoms with Crippen molar-refractivity contribution in [1.29, 1.82) is 0 Å². The lowest BCUT2D eigenvalue weighted by Crippen LogP contribution is -2.32. The molecule has 4 nitrogen and oxygen atoms in total. The van der Waals surface area contributed by atoms with Crippen molar-refractivity contribution in [3.63, 3.8) is 0 Å². The lowest BCUT2D eigenvalue weighted by atomic mass is 9.96. The number of aliphatic hydroxyl groups is 1. The van der Waals surface area contributed by atoms with E-state index in [1.165, 1.54) is 0 Å². The Bertz CT molecular complexity index is 332. The first-order chi connectivity index (χ1) is 8.58. The molecule has 0 fully saturated rings. The van der Waals surface area contributed by atoms with Gasteiger partial charge in [0.25, 0.3) is 0 Å². The van der Waals surface area contributed by atoms with E-state index in [1.54, 1.807) is 0 Å². The van der Waals surface area contributed by atoms with Crippen LogP contribution in [0.25, 0.3) is 0 Å². The van der Waals surface area contributed by atoms with E-state index in [0.29, 0.717) is 18.5 Å². The Morgan fingerprint density at radius 1 is 1.33 bits per heavy atom. The maximum atomic E-state index is 9.99. The van der Waals surface area contributed by atoms with Crippen LogP contribution in [-0.2, 0) is 6.54 Å². The molecule has 0 amide bonds. The predicted octanol–water partition coefficient (Wildman–Crippen LogP) is 2.35. The molecule has 2 N–H and O–H groups in total. The molecule has 1 heterocycles. The van der Waals surface area contributed by atoms with Crippen molar-refractivity contribution >= 4 is 0 Å². The molecule has 0 aliphatic heterocycles. The van der Waals surface area contributed by atoms with E-state index >= 15 is 0 Å². The molecule has 1 atom stereocenters. The van der Waals surface area contributed by atoms with Crippen molar-refractivity contribution in [2.45, 2.75) is 59.2 Å². The molecule has 0 spiro atoms. The highest BCUT2D eigenvalue weighted by molar-refractivity contribution is 4.99. The van der Waals surface area contributed by atoms with Gasteiger partial charge in [0, 0.05) is 25.3 Å². The van der Waals surface area contributed by atoms with Gasteiger partial charge < -0.3 is 10.4 Å². The minimum atomic E-state index is -0.257. The van der Waals surface area contributed by atoms with E-state index in [2.05, 4.69) is 38.1 Å². The van der Waals surface area contributed by atoms with E-state index in [9.17, 15) is 5.11 Å². The summed E-state index contributed by atoms with van der Waals surface area (Å²) in [6.07, 6.45) is 3.80. The van der Waals surface area contributed by atoms with Gasteiger partial charge in [0.15, 0.2) is 0 Å². The maximum Gasteiger partial charge on any atom is 0.0762 e. The number of hydrogen-bond donors (Lipinski definition) is 2. The SMILES string of the molecule is CCC(CC)C(O)CNCc1ccn(C(C)C)n1. The van der Waals surface area contributed by atoms with Gasteiger partial charge in [-0.2, -0.15) is 5.10 Å². The fraction of sp³-hybridized carbons (Fsp3) is 0.786. The third-order valence-electron chi connectivity index (χ3n) is 3.45. The van der Waals surface area contributed by atoms with Crippen LogP contribution in [0, 0.1) is 5.92 Å². The Labute approximate surface area is 110 Å². The standard InChI is InChI=1S/C14H27N3O/c1-5-12(6-2)14(18)10-15-9-13-7-8-17(16-13)11(3)4/h7-8,11-12,14-15,18H,5-6,9-10H2,1-4H3. The van der Waals surface area contributed by atoms with Crippen LogP contribution in [0.1, 0.15) is 52.3 Å². The van der Waals surface area contributed by atoms with Gasteiger partial charge in [-0.05, 0) is 25.8 Å². The molecule has 0 aliphatic rings. The first-order valence-electron chi connectivity index (χ1n) is 7.01. The molecule has 0 saturated heterocycles. The highest BCUT2D eigenvalue weighted by atomic mass is 16.3. The highest BCUT2D eigenvalue weighted by Gasteiger charge is 2.14. The largest absolute Gasteiger partial charge is 0.392 e. The second-order valence-corrected chi connectivity index (χ2v) is 5.16. The smallest absolute Gasteiger partial charge is 0.0762 e. The van der Waals surface area contributed by atoms with Crippen LogP contribution in [0.4, 0.5) is 0 Å². The molecular formula is C14H27N3O. The number of nitrogens with zero attached hydrogens (tertiary/aromatic N) is 2. The molecule has 4 heteroatoms. The molecule has 0 radical (unpaired) electrons. The molecule has 0 aliphatic carbocycles.